The van der Waals surface area contributed by atoms with Gasteiger partial charge < -0.3 is 4.74 Å². The standard InChI is InChI=1S/C22H35NO2/c1-2-3-4-5-6-7-8-9-10-11-12-13-14-17-22(24)25-20-21-16-15-18-23-19-21/h7-8,15-16,18-19H,2-6,9-14,17,20H2,1H3/b8-7-. The van der Waals surface area contributed by atoms with Crippen LogP contribution < -0.4 is 0 Å². The van der Waals surface area contributed by atoms with Crippen LogP contribution in [0.4, 0.5) is 0 Å². The van der Waals surface area contributed by atoms with Gasteiger partial charge in [0.25, 0.3) is 0 Å². The zero-order valence-electron chi connectivity index (χ0n) is 15.9. The molecule has 0 aliphatic carbocycles. The number of pyridine rings is 1. The number of nitrogens with zero attached hydrogens (tertiary/aromatic N) is 1. The van der Waals surface area contributed by atoms with Crippen molar-refractivity contribution < 1.29 is 9.53 Å². The highest BCUT2D eigenvalue weighted by Crippen LogP contribution is 2.10. The van der Waals surface area contributed by atoms with Crippen molar-refractivity contribution >= 4 is 5.97 Å². The number of hydrogen-bond acceptors (Lipinski definition) is 3. The van der Waals surface area contributed by atoms with Gasteiger partial charge in [-0.05, 0) is 38.2 Å². The fourth-order valence-electron chi connectivity index (χ4n) is 2.71. The molecule has 3 heteroatoms. The molecule has 0 aliphatic rings. The van der Waals surface area contributed by atoms with Gasteiger partial charge in [-0.25, -0.2) is 0 Å². The zero-order chi connectivity index (χ0) is 18.0. The Balaban J connectivity index is 1.85. The van der Waals surface area contributed by atoms with Gasteiger partial charge in [-0.1, -0.05) is 63.7 Å². The van der Waals surface area contributed by atoms with E-state index in [-0.39, 0.29) is 5.97 Å². The fraction of sp³-hybridized carbons (Fsp3) is 0.636. The Morgan fingerprint density at radius 3 is 2.36 bits per heavy atom. The molecule has 0 radical (unpaired) electrons. The molecular weight excluding hydrogens is 310 g/mol. The minimum Gasteiger partial charge on any atom is -0.461 e. The number of esters is 1. The Labute approximate surface area is 153 Å². The van der Waals surface area contributed by atoms with Crippen molar-refractivity contribution in [2.75, 3.05) is 0 Å². The summed E-state index contributed by atoms with van der Waals surface area (Å²) in [4.78, 5) is 15.7. The topological polar surface area (TPSA) is 39.2 Å². The number of allylic oxidation sites excluding steroid dienone is 2. The van der Waals surface area contributed by atoms with Gasteiger partial charge in [0, 0.05) is 24.4 Å². The molecule has 0 spiro atoms. The molecule has 0 bridgehead atoms. The molecule has 0 N–H and O–H groups in total. The first-order valence-corrected chi connectivity index (χ1v) is 10.0. The minimum absolute atomic E-state index is 0.102. The Hall–Kier alpha value is -1.64. The first kappa shape index (κ1) is 21.4. The van der Waals surface area contributed by atoms with Gasteiger partial charge in [-0.15, -0.1) is 0 Å². The summed E-state index contributed by atoms with van der Waals surface area (Å²) in [5.41, 5.74) is 0.939. The summed E-state index contributed by atoms with van der Waals surface area (Å²) in [5.74, 6) is -0.102. The fourth-order valence-corrected chi connectivity index (χ4v) is 2.71. The average Bonchev–Trinajstić information content (AvgIpc) is 2.64. The SMILES string of the molecule is CCCCCC/C=C\CCCCCCCC(=O)OCc1cccnc1. The van der Waals surface area contributed by atoms with Gasteiger partial charge in [-0.2, -0.15) is 0 Å². The normalized spacial score (nSPS) is 11.1. The van der Waals surface area contributed by atoms with Crippen LogP contribution in [0.3, 0.4) is 0 Å². The first-order valence-electron chi connectivity index (χ1n) is 10.0. The van der Waals surface area contributed by atoms with E-state index in [9.17, 15) is 4.79 Å². The molecule has 0 saturated heterocycles. The smallest absolute Gasteiger partial charge is 0.306 e. The highest BCUT2D eigenvalue weighted by Gasteiger charge is 2.03. The second kappa shape index (κ2) is 15.9. The van der Waals surface area contributed by atoms with Crippen molar-refractivity contribution in [1.82, 2.24) is 4.98 Å². The van der Waals surface area contributed by atoms with E-state index in [2.05, 4.69) is 24.1 Å². The highest BCUT2D eigenvalue weighted by atomic mass is 16.5. The molecule has 1 aromatic rings. The van der Waals surface area contributed by atoms with E-state index in [1.807, 2.05) is 12.1 Å². The number of rotatable bonds is 15. The van der Waals surface area contributed by atoms with Crippen LogP contribution in [0.2, 0.25) is 0 Å². The van der Waals surface area contributed by atoms with Crippen LogP contribution in [0.15, 0.2) is 36.7 Å². The molecule has 0 amide bonds. The van der Waals surface area contributed by atoms with Crippen LogP contribution in [-0.4, -0.2) is 11.0 Å². The van der Waals surface area contributed by atoms with Crippen molar-refractivity contribution in [3.8, 4) is 0 Å². The summed E-state index contributed by atoms with van der Waals surface area (Å²) < 4.78 is 5.25. The predicted molar refractivity (Wildman–Crippen MR) is 104 cm³/mol. The third-order valence-corrected chi connectivity index (χ3v) is 4.27. The van der Waals surface area contributed by atoms with E-state index >= 15 is 0 Å². The van der Waals surface area contributed by atoms with Crippen LogP contribution in [-0.2, 0) is 16.1 Å². The number of carbonyl (C=O) groups is 1. The third-order valence-electron chi connectivity index (χ3n) is 4.27. The summed E-state index contributed by atoms with van der Waals surface area (Å²) >= 11 is 0. The van der Waals surface area contributed by atoms with Gasteiger partial charge in [0.05, 0.1) is 0 Å². The number of ether oxygens (including phenoxy) is 1. The second-order valence-electron chi connectivity index (χ2n) is 6.65. The van der Waals surface area contributed by atoms with Crippen LogP contribution in [0.1, 0.15) is 89.5 Å². The van der Waals surface area contributed by atoms with E-state index in [0.717, 1.165) is 18.4 Å². The molecule has 1 aromatic heterocycles. The van der Waals surface area contributed by atoms with E-state index in [0.29, 0.717) is 13.0 Å². The van der Waals surface area contributed by atoms with E-state index in [1.54, 1.807) is 12.4 Å². The number of hydrogen-bond donors (Lipinski definition) is 0. The van der Waals surface area contributed by atoms with Crippen LogP contribution in [0.5, 0.6) is 0 Å². The molecular formula is C22H35NO2. The molecule has 1 rings (SSSR count). The van der Waals surface area contributed by atoms with Crippen molar-refractivity contribution in [2.24, 2.45) is 0 Å². The van der Waals surface area contributed by atoms with Crippen molar-refractivity contribution in [3.63, 3.8) is 0 Å². The maximum Gasteiger partial charge on any atom is 0.306 e. The van der Waals surface area contributed by atoms with Gasteiger partial charge >= 0.3 is 5.97 Å². The third kappa shape index (κ3) is 13.3. The van der Waals surface area contributed by atoms with Crippen molar-refractivity contribution in [1.29, 1.82) is 0 Å². The van der Waals surface area contributed by atoms with Crippen molar-refractivity contribution in [2.45, 2.75) is 90.6 Å². The lowest BCUT2D eigenvalue weighted by atomic mass is 10.1. The first-order chi connectivity index (χ1) is 12.3. The molecule has 0 saturated carbocycles. The summed E-state index contributed by atoms with van der Waals surface area (Å²) in [6.45, 7) is 2.58. The number of unbranched alkanes of at least 4 members (excludes halogenated alkanes) is 9. The summed E-state index contributed by atoms with van der Waals surface area (Å²) in [6, 6.07) is 3.77. The van der Waals surface area contributed by atoms with Gasteiger partial charge in [-0.3, -0.25) is 9.78 Å². The molecule has 3 nitrogen and oxygen atoms in total. The highest BCUT2D eigenvalue weighted by molar-refractivity contribution is 5.69. The Morgan fingerprint density at radius 2 is 1.68 bits per heavy atom. The maximum atomic E-state index is 11.7. The van der Waals surface area contributed by atoms with Crippen LogP contribution in [0, 0.1) is 0 Å². The van der Waals surface area contributed by atoms with Crippen molar-refractivity contribution in [3.05, 3.63) is 42.2 Å². The molecule has 140 valence electrons. The summed E-state index contributed by atoms with van der Waals surface area (Å²) in [6.07, 6.45) is 22.2. The van der Waals surface area contributed by atoms with E-state index in [1.165, 1.54) is 57.8 Å². The van der Waals surface area contributed by atoms with E-state index in [4.69, 9.17) is 4.74 Å². The molecule has 0 atom stereocenters. The monoisotopic (exact) mass is 345 g/mol. The van der Waals surface area contributed by atoms with E-state index < -0.39 is 0 Å². The largest absolute Gasteiger partial charge is 0.461 e. The summed E-state index contributed by atoms with van der Waals surface area (Å²) in [5, 5.41) is 0. The average molecular weight is 346 g/mol. The lowest BCUT2D eigenvalue weighted by molar-refractivity contribution is -0.145. The zero-order valence-corrected chi connectivity index (χ0v) is 15.9. The van der Waals surface area contributed by atoms with Gasteiger partial charge in [0.1, 0.15) is 6.61 Å². The van der Waals surface area contributed by atoms with Crippen LogP contribution in [0.25, 0.3) is 0 Å². The Kier molecular flexibility index (Phi) is 13.6. The summed E-state index contributed by atoms with van der Waals surface area (Å²) in [7, 11) is 0. The number of carbonyl (C=O) groups excluding carboxylic acids is 1. The quantitative estimate of drug-likeness (QED) is 0.210. The molecule has 0 fully saturated rings. The Morgan fingerprint density at radius 1 is 1.00 bits per heavy atom. The minimum atomic E-state index is -0.102. The molecule has 1 heterocycles. The second-order valence-corrected chi connectivity index (χ2v) is 6.65. The van der Waals surface area contributed by atoms with Crippen LogP contribution >= 0.6 is 0 Å². The lowest BCUT2D eigenvalue weighted by Crippen LogP contribution is -2.04. The molecule has 0 aromatic carbocycles. The number of aromatic nitrogens is 1. The molecule has 0 aliphatic heterocycles. The Bertz CT molecular complexity index is 456. The maximum absolute atomic E-state index is 11.7. The van der Waals surface area contributed by atoms with Gasteiger partial charge in [0.2, 0.25) is 0 Å². The molecule has 25 heavy (non-hydrogen) atoms. The lowest BCUT2D eigenvalue weighted by Gasteiger charge is -2.04. The van der Waals surface area contributed by atoms with Gasteiger partial charge in [0.15, 0.2) is 0 Å². The molecule has 0 unspecified atom stereocenters. The predicted octanol–water partition coefficient (Wildman–Crippen LogP) is 6.38.